The topological polar surface area (TPSA) is 84.7 Å². The van der Waals surface area contributed by atoms with Crippen LogP contribution in [0.4, 0.5) is 0 Å². The van der Waals surface area contributed by atoms with Gasteiger partial charge in [-0.25, -0.2) is 0 Å². The fourth-order valence-electron chi connectivity index (χ4n) is 1.20. The number of nitriles is 1. The van der Waals surface area contributed by atoms with Crippen LogP contribution in [0.25, 0.3) is 0 Å². The Morgan fingerprint density at radius 2 is 2.57 bits per heavy atom. The Labute approximate surface area is 82.1 Å². The van der Waals surface area contributed by atoms with Gasteiger partial charge in [-0.1, -0.05) is 6.92 Å². The summed E-state index contributed by atoms with van der Waals surface area (Å²) in [6, 6.07) is 2.10. The van der Waals surface area contributed by atoms with E-state index in [1.165, 1.54) is 6.20 Å². The van der Waals surface area contributed by atoms with Crippen molar-refractivity contribution in [1.82, 2.24) is 9.78 Å². The van der Waals surface area contributed by atoms with Crippen LogP contribution in [0.5, 0.6) is 0 Å². The largest absolute Gasteiger partial charge is 0.366 e. The zero-order valence-corrected chi connectivity index (χ0v) is 7.97. The van der Waals surface area contributed by atoms with Crippen LogP contribution in [0, 0.1) is 11.3 Å². The predicted molar refractivity (Wildman–Crippen MR) is 50.3 cm³/mol. The standard InChI is InChI=1S/C9H12N4O/c1-2-8(3-4-10)13-6-7(5-12-13)9(11)14/h5-6,8H,2-3H2,1H3,(H2,11,14). The monoisotopic (exact) mass is 192 g/mol. The van der Waals surface area contributed by atoms with Crippen LogP contribution in [0.15, 0.2) is 12.4 Å². The molecule has 1 amide bonds. The average molecular weight is 192 g/mol. The average Bonchev–Trinajstić information content (AvgIpc) is 2.63. The van der Waals surface area contributed by atoms with Crippen molar-refractivity contribution in [2.45, 2.75) is 25.8 Å². The Hall–Kier alpha value is -1.83. The van der Waals surface area contributed by atoms with Gasteiger partial charge < -0.3 is 5.73 Å². The molecular weight excluding hydrogens is 180 g/mol. The number of hydrogen-bond donors (Lipinski definition) is 1. The molecule has 5 nitrogen and oxygen atoms in total. The van der Waals surface area contributed by atoms with Crippen molar-refractivity contribution in [3.05, 3.63) is 18.0 Å². The molecule has 1 atom stereocenters. The van der Waals surface area contributed by atoms with Gasteiger partial charge in [0, 0.05) is 6.20 Å². The third-order valence-corrected chi connectivity index (χ3v) is 2.06. The molecule has 0 saturated heterocycles. The first kappa shape index (κ1) is 10.3. The van der Waals surface area contributed by atoms with E-state index in [2.05, 4.69) is 11.2 Å². The lowest BCUT2D eigenvalue weighted by Crippen LogP contribution is -2.11. The molecule has 1 aromatic rings. The van der Waals surface area contributed by atoms with Crippen LogP contribution in [0.2, 0.25) is 0 Å². The molecule has 0 fully saturated rings. The van der Waals surface area contributed by atoms with E-state index in [4.69, 9.17) is 11.0 Å². The van der Waals surface area contributed by atoms with E-state index in [0.29, 0.717) is 12.0 Å². The maximum atomic E-state index is 10.8. The van der Waals surface area contributed by atoms with Crippen LogP contribution in [-0.4, -0.2) is 15.7 Å². The van der Waals surface area contributed by atoms with Crippen molar-refractivity contribution < 1.29 is 4.79 Å². The van der Waals surface area contributed by atoms with E-state index < -0.39 is 5.91 Å². The fourth-order valence-corrected chi connectivity index (χ4v) is 1.20. The Bertz CT molecular complexity index is 363. The minimum absolute atomic E-state index is 0.0214. The van der Waals surface area contributed by atoms with Gasteiger partial charge in [0.2, 0.25) is 0 Å². The van der Waals surface area contributed by atoms with Crippen molar-refractivity contribution in [2.75, 3.05) is 0 Å². The van der Waals surface area contributed by atoms with Crippen LogP contribution in [0.3, 0.4) is 0 Å². The van der Waals surface area contributed by atoms with Crippen molar-refractivity contribution in [1.29, 1.82) is 5.26 Å². The van der Waals surface area contributed by atoms with Gasteiger partial charge in [0.25, 0.3) is 5.91 Å². The minimum atomic E-state index is -0.497. The maximum Gasteiger partial charge on any atom is 0.251 e. The first-order valence-corrected chi connectivity index (χ1v) is 4.40. The molecule has 2 N–H and O–H groups in total. The number of carbonyl (C=O) groups excluding carboxylic acids is 1. The molecule has 1 unspecified atom stereocenters. The van der Waals surface area contributed by atoms with Gasteiger partial charge in [0.05, 0.1) is 30.3 Å². The van der Waals surface area contributed by atoms with Gasteiger partial charge in [-0.15, -0.1) is 0 Å². The second-order valence-electron chi connectivity index (χ2n) is 3.00. The van der Waals surface area contributed by atoms with E-state index in [-0.39, 0.29) is 6.04 Å². The van der Waals surface area contributed by atoms with Crippen LogP contribution >= 0.6 is 0 Å². The molecule has 0 aliphatic heterocycles. The number of carbonyl (C=O) groups is 1. The normalized spacial score (nSPS) is 12.0. The summed E-state index contributed by atoms with van der Waals surface area (Å²) in [4.78, 5) is 10.8. The quantitative estimate of drug-likeness (QED) is 0.767. The number of aromatic nitrogens is 2. The summed E-state index contributed by atoms with van der Waals surface area (Å²) in [5.74, 6) is -0.497. The van der Waals surface area contributed by atoms with Gasteiger partial charge in [-0.2, -0.15) is 10.4 Å². The highest BCUT2D eigenvalue weighted by Gasteiger charge is 2.11. The molecule has 1 rings (SSSR count). The van der Waals surface area contributed by atoms with Gasteiger partial charge in [0.15, 0.2) is 0 Å². The summed E-state index contributed by atoms with van der Waals surface area (Å²) in [5.41, 5.74) is 5.46. The van der Waals surface area contributed by atoms with E-state index >= 15 is 0 Å². The fraction of sp³-hybridized carbons (Fsp3) is 0.444. The smallest absolute Gasteiger partial charge is 0.251 e. The third kappa shape index (κ3) is 2.10. The summed E-state index contributed by atoms with van der Waals surface area (Å²) in [5, 5.41) is 12.6. The number of rotatable bonds is 4. The summed E-state index contributed by atoms with van der Waals surface area (Å²) >= 11 is 0. The van der Waals surface area contributed by atoms with Crippen LogP contribution in [-0.2, 0) is 0 Å². The lowest BCUT2D eigenvalue weighted by atomic mass is 10.2. The zero-order valence-electron chi connectivity index (χ0n) is 7.97. The van der Waals surface area contributed by atoms with Gasteiger partial charge in [0.1, 0.15) is 0 Å². The maximum absolute atomic E-state index is 10.8. The van der Waals surface area contributed by atoms with Crippen molar-refractivity contribution >= 4 is 5.91 Å². The van der Waals surface area contributed by atoms with Crippen molar-refractivity contribution in [3.8, 4) is 6.07 Å². The van der Waals surface area contributed by atoms with Gasteiger partial charge >= 0.3 is 0 Å². The lowest BCUT2D eigenvalue weighted by Gasteiger charge is -2.10. The molecule has 74 valence electrons. The highest BCUT2D eigenvalue weighted by atomic mass is 16.1. The number of amides is 1. The highest BCUT2D eigenvalue weighted by molar-refractivity contribution is 5.92. The summed E-state index contributed by atoms with van der Waals surface area (Å²) in [6.07, 6.45) is 4.18. The number of primary amides is 1. The number of nitrogens with two attached hydrogens (primary N) is 1. The van der Waals surface area contributed by atoms with E-state index in [1.807, 2.05) is 6.92 Å². The second kappa shape index (κ2) is 4.42. The third-order valence-electron chi connectivity index (χ3n) is 2.06. The lowest BCUT2D eigenvalue weighted by molar-refractivity contribution is 0.1000. The van der Waals surface area contributed by atoms with E-state index in [0.717, 1.165) is 6.42 Å². The Morgan fingerprint density at radius 3 is 3.00 bits per heavy atom. The minimum Gasteiger partial charge on any atom is -0.366 e. The second-order valence-corrected chi connectivity index (χ2v) is 3.00. The molecule has 0 bridgehead atoms. The molecule has 1 heterocycles. The molecule has 0 aliphatic rings. The van der Waals surface area contributed by atoms with E-state index in [9.17, 15) is 4.79 Å². The Kier molecular flexibility index (Phi) is 3.24. The summed E-state index contributed by atoms with van der Waals surface area (Å²) < 4.78 is 1.61. The first-order valence-electron chi connectivity index (χ1n) is 4.40. The molecule has 0 saturated carbocycles. The predicted octanol–water partition coefficient (Wildman–Crippen LogP) is 0.847. The van der Waals surface area contributed by atoms with Crippen LogP contribution < -0.4 is 5.73 Å². The molecule has 1 aromatic heterocycles. The van der Waals surface area contributed by atoms with E-state index in [1.54, 1.807) is 10.9 Å². The molecule has 0 spiro atoms. The highest BCUT2D eigenvalue weighted by Crippen LogP contribution is 2.14. The van der Waals surface area contributed by atoms with Gasteiger partial charge in [-0.3, -0.25) is 9.48 Å². The Balaban J connectivity index is 2.84. The van der Waals surface area contributed by atoms with Crippen molar-refractivity contribution in [2.24, 2.45) is 5.73 Å². The first-order chi connectivity index (χ1) is 6.69. The molecule has 14 heavy (non-hydrogen) atoms. The van der Waals surface area contributed by atoms with Crippen LogP contribution in [0.1, 0.15) is 36.2 Å². The number of hydrogen-bond acceptors (Lipinski definition) is 3. The molecule has 0 aromatic carbocycles. The molecular formula is C9H12N4O. The molecule has 0 aliphatic carbocycles. The molecule has 5 heteroatoms. The summed E-state index contributed by atoms with van der Waals surface area (Å²) in [7, 11) is 0. The van der Waals surface area contributed by atoms with Gasteiger partial charge in [-0.05, 0) is 6.42 Å². The Morgan fingerprint density at radius 1 is 1.86 bits per heavy atom. The number of nitrogens with zero attached hydrogens (tertiary/aromatic N) is 3. The summed E-state index contributed by atoms with van der Waals surface area (Å²) in [6.45, 7) is 1.97. The molecule has 0 radical (unpaired) electrons. The zero-order chi connectivity index (χ0) is 10.6. The SMILES string of the molecule is CCC(CC#N)n1cc(C(N)=O)cn1. The van der Waals surface area contributed by atoms with Crippen molar-refractivity contribution in [3.63, 3.8) is 0 Å².